The van der Waals surface area contributed by atoms with Gasteiger partial charge in [0.15, 0.2) is 5.16 Å². The summed E-state index contributed by atoms with van der Waals surface area (Å²) < 4.78 is 6.56. The van der Waals surface area contributed by atoms with Crippen molar-refractivity contribution in [3.8, 4) is 5.69 Å². The second kappa shape index (κ2) is 9.97. The van der Waals surface area contributed by atoms with Gasteiger partial charge in [-0.1, -0.05) is 59.8 Å². The fourth-order valence-corrected chi connectivity index (χ4v) is 6.68. The first-order valence-corrected chi connectivity index (χ1v) is 13.3. The van der Waals surface area contributed by atoms with Crippen LogP contribution in [0.15, 0.2) is 64.5 Å². The van der Waals surface area contributed by atoms with Crippen molar-refractivity contribution in [2.75, 3.05) is 13.7 Å². The summed E-state index contributed by atoms with van der Waals surface area (Å²) in [7, 11) is 1.37. The number of nitrogens with zero attached hydrogens (tertiary/aromatic N) is 3. The van der Waals surface area contributed by atoms with Crippen molar-refractivity contribution in [2.24, 2.45) is 0 Å². The topological polar surface area (TPSA) is 64.4 Å². The van der Waals surface area contributed by atoms with Crippen molar-refractivity contribution < 1.29 is 9.53 Å². The van der Waals surface area contributed by atoms with Crippen LogP contribution in [0.3, 0.4) is 0 Å². The molecule has 3 heterocycles. The van der Waals surface area contributed by atoms with Gasteiger partial charge in [0.25, 0.3) is 5.56 Å². The van der Waals surface area contributed by atoms with E-state index in [0.717, 1.165) is 47.7 Å². The first-order chi connectivity index (χ1) is 16.9. The van der Waals surface area contributed by atoms with Gasteiger partial charge in [0.2, 0.25) is 0 Å². The van der Waals surface area contributed by atoms with E-state index in [1.165, 1.54) is 29.3 Å². The molecule has 5 rings (SSSR count). The second-order valence-corrected chi connectivity index (χ2v) is 11.2. The van der Waals surface area contributed by atoms with E-state index in [9.17, 15) is 9.59 Å². The Labute approximate surface area is 212 Å². The summed E-state index contributed by atoms with van der Waals surface area (Å²) in [6.45, 7) is 6.36. The van der Waals surface area contributed by atoms with E-state index in [4.69, 9.17) is 9.72 Å². The molecule has 1 aliphatic rings. The summed E-state index contributed by atoms with van der Waals surface area (Å²) in [5, 5.41) is 0.723. The zero-order chi connectivity index (χ0) is 24.5. The van der Waals surface area contributed by atoms with Gasteiger partial charge < -0.3 is 4.74 Å². The van der Waals surface area contributed by atoms with E-state index in [1.807, 2.05) is 37.3 Å². The molecule has 0 bridgehead atoms. The van der Waals surface area contributed by atoms with Gasteiger partial charge in [-0.05, 0) is 43.5 Å². The molecule has 0 amide bonds. The summed E-state index contributed by atoms with van der Waals surface area (Å²) in [6, 6.07) is 18.3. The lowest BCUT2D eigenvalue weighted by Gasteiger charge is -2.26. The van der Waals surface area contributed by atoms with Crippen LogP contribution in [0.1, 0.15) is 28.5 Å². The standard InChI is InChI=1S/C27H27N3O3S2/c1-17-9-11-20(12-10-17)30-25(31)23-21-13-14-29(15-19-7-5-4-6-8-19)16-22(21)35-24(23)28-27(30)34-18(2)26(32)33-3/h4-12,18H,13-16H2,1-3H3/t18-/m1/s1. The van der Waals surface area contributed by atoms with Crippen molar-refractivity contribution in [1.29, 1.82) is 0 Å². The first-order valence-electron chi connectivity index (χ1n) is 11.6. The van der Waals surface area contributed by atoms with Crippen molar-refractivity contribution >= 4 is 39.3 Å². The molecule has 0 saturated heterocycles. The molecule has 180 valence electrons. The van der Waals surface area contributed by atoms with Crippen LogP contribution >= 0.6 is 23.1 Å². The third kappa shape index (κ3) is 4.78. The van der Waals surface area contributed by atoms with Crippen molar-refractivity contribution in [2.45, 2.75) is 43.8 Å². The highest BCUT2D eigenvalue weighted by Gasteiger charge is 2.27. The van der Waals surface area contributed by atoms with Crippen LogP contribution < -0.4 is 5.56 Å². The molecule has 0 fully saturated rings. The lowest BCUT2D eigenvalue weighted by molar-refractivity contribution is -0.139. The SMILES string of the molecule is COC(=O)[C@@H](C)Sc1nc2sc3c(c2c(=O)n1-c1ccc(C)cc1)CCN(Cc1ccccc1)C3. The number of hydrogen-bond acceptors (Lipinski definition) is 7. The van der Waals surface area contributed by atoms with E-state index >= 15 is 0 Å². The molecule has 1 aliphatic heterocycles. The molecule has 1 atom stereocenters. The number of aryl methyl sites for hydroxylation is 1. The lowest BCUT2D eigenvalue weighted by atomic mass is 10.0. The number of rotatable bonds is 6. The van der Waals surface area contributed by atoms with Crippen LogP contribution in [0.2, 0.25) is 0 Å². The third-order valence-corrected chi connectivity index (χ3v) is 8.42. The van der Waals surface area contributed by atoms with Gasteiger partial charge in [-0.2, -0.15) is 0 Å². The van der Waals surface area contributed by atoms with Crippen molar-refractivity contribution in [3.05, 3.63) is 86.5 Å². The average Bonchev–Trinajstić information content (AvgIpc) is 3.23. The van der Waals surface area contributed by atoms with Gasteiger partial charge in [0.05, 0.1) is 18.2 Å². The Balaban J connectivity index is 1.58. The lowest BCUT2D eigenvalue weighted by Crippen LogP contribution is -2.30. The maximum absolute atomic E-state index is 13.9. The highest BCUT2D eigenvalue weighted by atomic mass is 32.2. The van der Waals surface area contributed by atoms with Crippen molar-refractivity contribution in [1.82, 2.24) is 14.5 Å². The minimum absolute atomic E-state index is 0.0765. The van der Waals surface area contributed by atoms with Gasteiger partial charge in [-0.3, -0.25) is 19.1 Å². The van der Waals surface area contributed by atoms with Crippen LogP contribution in [0.25, 0.3) is 15.9 Å². The Morgan fingerprint density at radius 2 is 1.91 bits per heavy atom. The molecule has 0 radical (unpaired) electrons. The number of benzene rings is 2. The van der Waals surface area contributed by atoms with Crippen LogP contribution in [0.5, 0.6) is 0 Å². The van der Waals surface area contributed by atoms with Crippen LogP contribution in [0.4, 0.5) is 0 Å². The summed E-state index contributed by atoms with van der Waals surface area (Å²) in [6.07, 6.45) is 0.817. The summed E-state index contributed by atoms with van der Waals surface area (Å²) in [4.78, 5) is 35.4. The Bertz CT molecular complexity index is 1430. The molecule has 4 aromatic rings. The number of esters is 1. The Morgan fingerprint density at radius 3 is 2.63 bits per heavy atom. The predicted octanol–water partition coefficient (Wildman–Crippen LogP) is 4.97. The van der Waals surface area contributed by atoms with Crippen LogP contribution in [-0.2, 0) is 29.0 Å². The van der Waals surface area contributed by atoms with Gasteiger partial charge in [0, 0.05) is 24.5 Å². The molecule has 35 heavy (non-hydrogen) atoms. The van der Waals surface area contributed by atoms with E-state index < -0.39 is 5.25 Å². The third-order valence-electron chi connectivity index (χ3n) is 6.28. The van der Waals surface area contributed by atoms with Gasteiger partial charge >= 0.3 is 5.97 Å². The molecule has 0 N–H and O–H groups in total. The highest BCUT2D eigenvalue weighted by molar-refractivity contribution is 8.00. The van der Waals surface area contributed by atoms with Crippen LogP contribution in [-0.4, -0.2) is 39.3 Å². The molecule has 0 aliphatic carbocycles. The molecular formula is C27H27N3O3S2. The Hall–Kier alpha value is -2.94. The van der Waals surface area contributed by atoms with E-state index in [-0.39, 0.29) is 11.5 Å². The summed E-state index contributed by atoms with van der Waals surface area (Å²) in [5.41, 5.74) is 4.18. The minimum atomic E-state index is -0.489. The average molecular weight is 506 g/mol. The smallest absolute Gasteiger partial charge is 0.318 e. The molecule has 0 saturated carbocycles. The number of methoxy groups -OCH3 is 1. The highest BCUT2D eigenvalue weighted by Crippen LogP contribution is 2.35. The fourth-order valence-electron chi connectivity index (χ4n) is 4.43. The number of carbonyl (C=O) groups excluding carboxylic acids is 1. The Kier molecular flexibility index (Phi) is 6.77. The number of carbonyl (C=O) groups is 1. The fraction of sp³-hybridized carbons (Fsp3) is 0.296. The monoisotopic (exact) mass is 505 g/mol. The van der Waals surface area contributed by atoms with E-state index in [0.29, 0.717) is 10.5 Å². The molecule has 8 heteroatoms. The van der Waals surface area contributed by atoms with Gasteiger partial charge in [-0.15, -0.1) is 11.3 Å². The number of aromatic nitrogens is 2. The molecule has 0 unspecified atom stereocenters. The number of fused-ring (bicyclic) bond motifs is 3. The quantitative estimate of drug-likeness (QED) is 0.210. The largest absolute Gasteiger partial charge is 0.468 e. The van der Waals surface area contributed by atoms with Gasteiger partial charge in [-0.25, -0.2) is 4.98 Å². The maximum Gasteiger partial charge on any atom is 0.318 e. The summed E-state index contributed by atoms with van der Waals surface area (Å²) in [5.74, 6) is -0.346. The molecule has 6 nitrogen and oxygen atoms in total. The van der Waals surface area contributed by atoms with E-state index in [1.54, 1.807) is 22.8 Å². The Morgan fingerprint density at radius 1 is 1.17 bits per heavy atom. The van der Waals surface area contributed by atoms with Crippen LogP contribution in [0, 0.1) is 6.92 Å². The summed E-state index contributed by atoms with van der Waals surface area (Å²) >= 11 is 2.85. The predicted molar refractivity (Wildman–Crippen MR) is 142 cm³/mol. The zero-order valence-corrected chi connectivity index (χ0v) is 21.6. The second-order valence-electron chi connectivity index (χ2n) is 8.78. The number of ether oxygens (including phenoxy) is 1. The van der Waals surface area contributed by atoms with Crippen molar-refractivity contribution in [3.63, 3.8) is 0 Å². The molecule has 2 aromatic heterocycles. The molecule has 0 spiro atoms. The molecule has 2 aromatic carbocycles. The number of thiophene rings is 1. The van der Waals surface area contributed by atoms with Gasteiger partial charge in [0.1, 0.15) is 10.1 Å². The normalized spacial score (nSPS) is 14.6. The molecular weight excluding hydrogens is 478 g/mol. The minimum Gasteiger partial charge on any atom is -0.468 e. The number of hydrogen-bond donors (Lipinski definition) is 0. The number of thioether (sulfide) groups is 1. The van der Waals surface area contributed by atoms with E-state index in [2.05, 4.69) is 29.2 Å². The zero-order valence-electron chi connectivity index (χ0n) is 20.0. The maximum atomic E-state index is 13.9. The first kappa shape index (κ1) is 23.8.